The number of carbonyl (C=O) groups excluding carboxylic acids is 2. The Kier molecular flexibility index (Phi) is 3.82. The van der Waals surface area contributed by atoms with E-state index in [1.807, 2.05) is 0 Å². The lowest BCUT2D eigenvalue weighted by molar-refractivity contribution is -0.125. The summed E-state index contributed by atoms with van der Waals surface area (Å²) in [7, 11) is 0. The summed E-state index contributed by atoms with van der Waals surface area (Å²) in [6.45, 7) is 0. The van der Waals surface area contributed by atoms with Crippen LogP contribution in [0.1, 0.15) is 15.9 Å². The van der Waals surface area contributed by atoms with E-state index in [1.54, 1.807) is 30.3 Å². The summed E-state index contributed by atoms with van der Waals surface area (Å²) < 4.78 is 16.0. The highest BCUT2D eigenvalue weighted by Gasteiger charge is 2.54. The van der Waals surface area contributed by atoms with Crippen molar-refractivity contribution in [1.82, 2.24) is 0 Å². The Hall–Kier alpha value is -2.70. The van der Waals surface area contributed by atoms with Gasteiger partial charge in [0.15, 0.2) is 0 Å². The van der Waals surface area contributed by atoms with Crippen LogP contribution in [0.2, 0.25) is 4.34 Å². The summed E-state index contributed by atoms with van der Waals surface area (Å²) in [6.07, 6.45) is 0. The normalized spacial score (nSPS) is 19.2. The van der Waals surface area contributed by atoms with Crippen molar-refractivity contribution < 1.29 is 19.1 Å². The van der Waals surface area contributed by atoms with Crippen molar-refractivity contribution in [3.63, 3.8) is 0 Å². The van der Waals surface area contributed by atoms with Crippen LogP contribution in [0, 0.1) is 0 Å². The first kappa shape index (κ1) is 16.8. The fraction of sp³-hybridized carbons (Fsp3) is 0.0526. The van der Waals surface area contributed by atoms with E-state index in [0.717, 1.165) is 11.3 Å². The molecule has 1 aromatic heterocycles. The van der Waals surface area contributed by atoms with E-state index in [0.29, 0.717) is 11.1 Å². The molecule has 2 aromatic carbocycles. The summed E-state index contributed by atoms with van der Waals surface area (Å²) in [4.78, 5) is 25.5. The molecule has 0 bridgehead atoms. The second-order valence-corrected chi connectivity index (χ2v) is 7.43. The van der Waals surface area contributed by atoms with Gasteiger partial charge in [0.25, 0.3) is 11.6 Å². The zero-order valence-electron chi connectivity index (χ0n) is 13.1. The molecule has 4 nitrogen and oxygen atoms in total. The number of hydrogen-bond acceptors (Lipinski definition) is 4. The predicted molar refractivity (Wildman–Crippen MR) is 98.6 cm³/mol. The van der Waals surface area contributed by atoms with E-state index >= 15 is 4.39 Å². The van der Waals surface area contributed by atoms with Gasteiger partial charge in [-0.15, -0.1) is 11.3 Å². The monoisotopic (exact) mass is 387 g/mol. The van der Waals surface area contributed by atoms with Gasteiger partial charge in [-0.3, -0.25) is 9.59 Å². The van der Waals surface area contributed by atoms with Crippen LogP contribution in [-0.2, 0) is 10.5 Å². The zero-order valence-corrected chi connectivity index (χ0v) is 14.7. The molecule has 1 unspecified atom stereocenters. The Morgan fingerprint density at radius 3 is 2.31 bits per heavy atom. The van der Waals surface area contributed by atoms with Crippen molar-refractivity contribution in [2.24, 2.45) is 0 Å². The molecule has 3 aromatic rings. The van der Waals surface area contributed by atoms with Gasteiger partial charge in [0.2, 0.25) is 5.78 Å². The van der Waals surface area contributed by atoms with Gasteiger partial charge in [-0.2, -0.15) is 0 Å². The minimum absolute atomic E-state index is 0.0351. The number of fused-ring (bicyclic) bond motifs is 1. The Balaban J connectivity index is 1.93. The highest BCUT2D eigenvalue weighted by atomic mass is 35.5. The van der Waals surface area contributed by atoms with Crippen LogP contribution >= 0.6 is 22.9 Å². The molecule has 26 heavy (non-hydrogen) atoms. The number of Topliss-reactive ketones (excluding diaryl/α,β-unsaturated/α-hetero) is 1. The maximum atomic E-state index is 15.7. The zero-order chi connectivity index (χ0) is 18.5. The van der Waals surface area contributed by atoms with Gasteiger partial charge in [0.05, 0.1) is 5.56 Å². The van der Waals surface area contributed by atoms with Gasteiger partial charge in [-0.05, 0) is 17.7 Å². The summed E-state index contributed by atoms with van der Waals surface area (Å²) in [6, 6.07) is 13.6. The predicted octanol–water partition coefficient (Wildman–Crippen LogP) is 4.77. The topological polar surface area (TPSA) is 66.4 Å². The largest absolute Gasteiger partial charge is 0.508 e. The summed E-state index contributed by atoms with van der Waals surface area (Å²) in [5.74, 6) is -1.93. The van der Waals surface area contributed by atoms with Gasteiger partial charge >= 0.3 is 0 Å². The van der Waals surface area contributed by atoms with Crippen LogP contribution in [0.15, 0.2) is 54.6 Å². The van der Waals surface area contributed by atoms with Crippen LogP contribution in [0.5, 0.6) is 5.75 Å². The first-order valence-corrected chi connectivity index (χ1v) is 8.84. The molecule has 1 aliphatic heterocycles. The quantitative estimate of drug-likeness (QED) is 0.622. The van der Waals surface area contributed by atoms with Crippen LogP contribution in [0.25, 0.3) is 11.1 Å². The number of ketones is 1. The highest BCUT2D eigenvalue weighted by molar-refractivity contribution is 7.21. The second kappa shape index (κ2) is 5.93. The first-order valence-electron chi connectivity index (χ1n) is 7.65. The first-order chi connectivity index (χ1) is 12.4. The Morgan fingerprint density at radius 1 is 1.00 bits per heavy atom. The number of aromatic hydroxyl groups is 1. The SMILES string of the molecule is O=C1Nc2sc(Cl)c(-c3ccc(O)cc3)c2C(=O)C1(F)c1ccccc1. The molecule has 130 valence electrons. The average molecular weight is 388 g/mol. The maximum Gasteiger partial charge on any atom is 0.275 e. The van der Waals surface area contributed by atoms with E-state index in [1.165, 1.54) is 24.3 Å². The smallest absolute Gasteiger partial charge is 0.275 e. The van der Waals surface area contributed by atoms with Gasteiger partial charge in [-0.1, -0.05) is 54.1 Å². The number of nitrogens with one attached hydrogen (secondary N) is 1. The number of halogens is 2. The van der Waals surface area contributed by atoms with Gasteiger partial charge in [0.1, 0.15) is 15.1 Å². The Bertz CT molecular complexity index is 1030. The minimum atomic E-state index is -2.83. The van der Waals surface area contributed by atoms with Crippen molar-refractivity contribution in [2.45, 2.75) is 5.67 Å². The molecule has 4 rings (SSSR count). The van der Waals surface area contributed by atoms with Crippen LogP contribution in [0.3, 0.4) is 0 Å². The molecule has 0 saturated carbocycles. The van der Waals surface area contributed by atoms with Crippen molar-refractivity contribution in [2.75, 3.05) is 5.32 Å². The number of alkyl halides is 1. The van der Waals surface area contributed by atoms with Gasteiger partial charge in [-0.25, -0.2) is 4.39 Å². The molecule has 2 heterocycles. The molecular formula is C19H11ClFNO3S. The number of phenolic OH excluding ortho intramolecular Hbond substituents is 1. The highest BCUT2D eigenvalue weighted by Crippen LogP contribution is 2.49. The van der Waals surface area contributed by atoms with Crippen molar-refractivity contribution in [1.29, 1.82) is 0 Å². The molecule has 2 N–H and O–H groups in total. The van der Waals surface area contributed by atoms with Crippen molar-refractivity contribution in [3.8, 4) is 16.9 Å². The van der Waals surface area contributed by atoms with E-state index in [2.05, 4.69) is 5.32 Å². The number of phenols is 1. The van der Waals surface area contributed by atoms with E-state index in [4.69, 9.17) is 11.6 Å². The summed E-state index contributed by atoms with van der Waals surface area (Å²) >= 11 is 7.29. The number of hydrogen-bond donors (Lipinski definition) is 2. The average Bonchev–Trinajstić information content (AvgIpc) is 2.97. The molecule has 0 aliphatic carbocycles. The lowest BCUT2D eigenvalue weighted by Gasteiger charge is -2.28. The number of rotatable bonds is 2. The summed E-state index contributed by atoms with van der Waals surface area (Å²) in [5.41, 5.74) is -1.94. The molecule has 1 aliphatic rings. The standard InChI is InChI=1S/C19H11ClFNO3S/c20-16-13(10-6-8-12(23)9-7-10)14-15(24)19(21,11-4-2-1-3-5-11)18(25)22-17(14)26-16/h1-9,23H,(H,22,25). The third-order valence-corrected chi connectivity index (χ3v) is 5.59. The molecule has 0 radical (unpaired) electrons. The Labute approximate surface area is 156 Å². The molecule has 7 heteroatoms. The number of carbonyl (C=O) groups is 2. The molecule has 0 spiro atoms. The third-order valence-electron chi connectivity index (χ3n) is 4.27. The maximum absolute atomic E-state index is 15.7. The minimum Gasteiger partial charge on any atom is -0.508 e. The third kappa shape index (κ3) is 2.34. The number of thiophene rings is 1. The molecular weight excluding hydrogens is 377 g/mol. The van der Waals surface area contributed by atoms with E-state index < -0.39 is 17.4 Å². The van der Waals surface area contributed by atoms with Crippen LogP contribution in [-0.4, -0.2) is 16.8 Å². The van der Waals surface area contributed by atoms with E-state index in [9.17, 15) is 14.7 Å². The number of anilines is 1. The van der Waals surface area contributed by atoms with Gasteiger partial charge < -0.3 is 10.4 Å². The lowest BCUT2D eigenvalue weighted by Crippen LogP contribution is -2.47. The number of amides is 1. The number of benzene rings is 2. The van der Waals surface area contributed by atoms with Crippen LogP contribution < -0.4 is 5.32 Å². The van der Waals surface area contributed by atoms with E-state index in [-0.39, 0.29) is 26.2 Å². The molecule has 1 atom stereocenters. The molecule has 1 amide bonds. The van der Waals surface area contributed by atoms with Crippen molar-refractivity contribution in [3.05, 3.63) is 70.1 Å². The fourth-order valence-corrected chi connectivity index (χ4v) is 4.37. The molecule has 0 saturated heterocycles. The second-order valence-electron chi connectivity index (χ2n) is 5.81. The lowest BCUT2D eigenvalue weighted by atomic mass is 9.83. The molecule has 0 fully saturated rings. The van der Waals surface area contributed by atoms with Gasteiger partial charge in [0, 0.05) is 11.1 Å². The fourth-order valence-electron chi connectivity index (χ4n) is 2.99. The van der Waals surface area contributed by atoms with Crippen LogP contribution in [0.4, 0.5) is 9.39 Å². The van der Waals surface area contributed by atoms with Crippen molar-refractivity contribution >= 4 is 39.6 Å². The summed E-state index contributed by atoms with van der Waals surface area (Å²) in [5, 5.41) is 12.2. The Morgan fingerprint density at radius 2 is 1.65 bits per heavy atom.